The van der Waals surface area contributed by atoms with Gasteiger partial charge in [0.25, 0.3) is 5.91 Å². The Morgan fingerprint density at radius 3 is 2.35 bits per heavy atom. The largest absolute Gasteiger partial charge is 0.348 e. The molecule has 0 unspecified atom stereocenters. The minimum atomic E-state index is -0.195. The molecule has 1 amide bonds. The number of rotatable bonds is 7. The summed E-state index contributed by atoms with van der Waals surface area (Å²) in [6, 6.07) is 13.9. The van der Waals surface area contributed by atoms with E-state index in [-0.39, 0.29) is 5.91 Å². The molecule has 3 rings (SSSR count). The molecule has 1 aromatic carbocycles. The molecule has 0 atom stereocenters. The average molecular weight is 347 g/mol. The molecule has 132 valence electrons. The molecule has 6 heteroatoms. The van der Waals surface area contributed by atoms with Crippen LogP contribution in [0.15, 0.2) is 67.3 Å². The van der Waals surface area contributed by atoms with E-state index in [1.165, 1.54) is 5.56 Å². The van der Waals surface area contributed by atoms with Gasteiger partial charge in [0.15, 0.2) is 0 Å². The molecule has 0 bridgehead atoms. The van der Waals surface area contributed by atoms with Crippen molar-refractivity contribution < 1.29 is 4.79 Å². The molecule has 2 aromatic heterocycles. The number of hydrogen-bond acceptors (Lipinski definition) is 5. The molecule has 1 N–H and O–H groups in total. The highest BCUT2D eigenvalue weighted by molar-refractivity contribution is 5.93. The molecule has 26 heavy (non-hydrogen) atoms. The summed E-state index contributed by atoms with van der Waals surface area (Å²) in [7, 11) is 0. The lowest BCUT2D eigenvalue weighted by molar-refractivity contribution is 0.0950. The topological polar surface area (TPSA) is 71.0 Å². The van der Waals surface area contributed by atoms with Crippen LogP contribution in [0.3, 0.4) is 0 Å². The van der Waals surface area contributed by atoms with E-state index in [4.69, 9.17) is 0 Å². The van der Waals surface area contributed by atoms with E-state index >= 15 is 0 Å². The molecule has 0 fully saturated rings. The minimum Gasteiger partial charge on any atom is -0.348 e. The van der Waals surface area contributed by atoms with Crippen LogP contribution in [0.1, 0.15) is 28.4 Å². The second-order valence-electron chi connectivity index (χ2n) is 5.81. The number of benzene rings is 1. The van der Waals surface area contributed by atoms with E-state index in [1.54, 1.807) is 24.8 Å². The van der Waals surface area contributed by atoms with Crippen LogP contribution in [-0.4, -0.2) is 27.4 Å². The first-order valence-electron chi connectivity index (χ1n) is 8.54. The highest BCUT2D eigenvalue weighted by Crippen LogP contribution is 2.12. The van der Waals surface area contributed by atoms with Crippen molar-refractivity contribution in [2.45, 2.75) is 20.0 Å². The quantitative estimate of drug-likeness (QED) is 0.712. The number of hydrogen-bond donors (Lipinski definition) is 1. The third-order valence-corrected chi connectivity index (χ3v) is 3.98. The third-order valence-electron chi connectivity index (χ3n) is 3.98. The Kier molecular flexibility index (Phi) is 5.88. The van der Waals surface area contributed by atoms with Crippen LogP contribution in [0, 0.1) is 0 Å². The summed E-state index contributed by atoms with van der Waals surface area (Å²) in [4.78, 5) is 27.0. The lowest BCUT2D eigenvalue weighted by Gasteiger charge is -2.20. The molecule has 6 nitrogen and oxygen atoms in total. The lowest BCUT2D eigenvalue weighted by atomic mass is 10.2. The maximum Gasteiger partial charge on any atom is 0.254 e. The molecule has 0 spiro atoms. The van der Waals surface area contributed by atoms with Gasteiger partial charge in [-0.15, -0.1) is 0 Å². The second-order valence-corrected chi connectivity index (χ2v) is 5.81. The van der Waals surface area contributed by atoms with Crippen molar-refractivity contribution in [3.63, 3.8) is 0 Å². The fourth-order valence-electron chi connectivity index (χ4n) is 2.51. The van der Waals surface area contributed by atoms with Crippen LogP contribution in [0.25, 0.3) is 0 Å². The molecule has 0 aliphatic rings. The molecule has 2 heterocycles. The number of aromatic nitrogens is 3. The summed E-state index contributed by atoms with van der Waals surface area (Å²) in [6.45, 7) is 4.01. The van der Waals surface area contributed by atoms with Gasteiger partial charge in [-0.25, -0.2) is 9.97 Å². The van der Waals surface area contributed by atoms with Crippen molar-refractivity contribution in [3.8, 4) is 0 Å². The van der Waals surface area contributed by atoms with Crippen LogP contribution in [0.2, 0.25) is 0 Å². The number of nitrogens with zero attached hydrogens (tertiary/aromatic N) is 4. The fourth-order valence-corrected chi connectivity index (χ4v) is 2.51. The maximum atomic E-state index is 12.2. The summed E-state index contributed by atoms with van der Waals surface area (Å²) in [5, 5.41) is 2.86. The van der Waals surface area contributed by atoms with E-state index in [1.807, 2.05) is 30.3 Å². The first-order chi connectivity index (χ1) is 12.8. The number of anilines is 1. The van der Waals surface area contributed by atoms with Gasteiger partial charge in [-0.05, 0) is 30.2 Å². The van der Waals surface area contributed by atoms with Gasteiger partial charge >= 0.3 is 0 Å². The van der Waals surface area contributed by atoms with Crippen LogP contribution in [0.5, 0.6) is 0 Å². The smallest absolute Gasteiger partial charge is 0.254 e. The zero-order valence-corrected chi connectivity index (χ0v) is 14.7. The van der Waals surface area contributed by atoms with Crippen molar-refractivity contribution in [2.75, 3.05) is 11.4 Å². The van der Waals surface area contributed by atoms with Crippen LogP contribution in [0.4, 0.5) is 5.95 Å². The van der Waals surface area contributed by atoms with Crippen molar-refractivity contribution in [1.29, 1.82) is 0 Å². The monoisotopic (exact) mass is 347 g/mol. The Morgan fingerprint density at radius 1 is 1.00 bits per heavy atom. The Morgan fingerprint density at radius 2 is 1.69 bits per heavy atom. The zero-order valence-electron chi connectivity index (χ0n) is 14.7. The Labute approximate surface area is 153 Å². The number of nitrogens with one attached hydrogen (secondary N) is 1. The van der Waals surface area contributed by atoms with Crippen molar-refractivity contribution in [2.24, 2.45) is 0 Å². The van der Waals surface area contributed by atoms with Crippen LogP contribution in [-0.2, 0) is 13.1 Å². The molecule has 3 aromatic rings. The Hall–Kier alpha value is -3.28. The molecule has 0 radical (unpaired) electrons. The number of amides is 1. The van der Waals surface area contributed by atoms with Gasteiger partial charge in [0, 0.05) is 44.4 Å². The molecule has 0 aliphatic heterocycles. The van der Waals surface area contributed by atoms with Gasteiger partial charge in [-0.2, -0.15) is 0 Å². The third kappa shape index (κ3) is 4.63. The molecule has 0 saturated carbocycles. The molecule has 0 saturated heterocycles. The van der Waals surface area contributed by atoms with Gasteiger partial charge in [0.1, 0.15) is 0 Å². The standard InChI is InChI=1S/C20H21N5O/c1-2-25(15-17-6-4-3-5-7-17)20-23-13-18(14-24-20)19(26)22-12-16-8-10-21-11-9-16/h3-11,13-14H,2,12,15H2,1H3,(H,22,26). The summed E-state index contributed by atoms with van der Waals surface area (Å²) in [5.74, 6) is 0.418. The van der Waals surface area contributed by atoms with E-state index in [9.17, 15) is 4.79 Å². The second kappa shape index (κ2) is 8.71. The van der Waals surface area contributed by atoms with Gasteiger partial charge < -0.3 is 10.2 Å². The van der Waals surface area contributed by atoms with E-state index < -0.39 is 0 Å². The lowest BCUT2D eigenvalue weighted by Crippen LogP contribution is -2.26. The first kappa shape index (κ1) is 17.5. The van der Waals surface area contributed by atoms with Gasteiger partial charge in [-0.1, -0.05) is 30.3 Å². The maximum absolute atomic E-state index is 12.2. The van der Waals surface area contributed by atoms with E-state index in [2.05, 4.69) is 44.2 Å². The number of carbonyl (C=O) groups excluding carboxylic acids is 1. The molecular formula is C20H21N5O. The van der Waals surface area contributed by atoms with Crippen molar-refractivity contribution in [3.05, 3.63) is 83.9 Å². The molecule has 0 aliphatic carbocycles. The van der Waals surface area contributed by atoms with E-state index in [0.717, 1.165) is 18.7 Å². The predicted molar refractivity (Wildman–Crippen MR) is 101 cm³/mol. The highest BCUT2D eigenvalue weighted by atomic mass is 16.1. The highest BCUT2D eigenvalue weighted by Gasteiger charge is 2.11. The van der Waals surface area contributed by atoms with Crippen LogP contribution >= 0.6 is 0 Å². The van der Waals surface area contributed by atoms with Crippen molar-refractivity contribution >= 4 is 11.9 Å². The van der Waals surface area contributed by atoms with Gasteiger partial charge in [-0.3, -0.25) is 9.78 Å². The summed E-state index contributed by atoms with van der Waals surface area (Å²) >= 11 is 0. The summed E-state index contributed by atoms with van der Waals surface area (Å²) in [6.07, 6.45) is 6.53. The zero-order chi connectivity index (χ0) is 18.2. The SMILES string of the molecule is CCN(Cc1ccccc1)c1ncc(C(=O)NCc2ccncc2)cn1. The van der Waals surface area contributed by atoms with Crippen LogP contribution < -0.4 is 10.2 Å². The summed E-state index contributed by atoms with van der Waals surface area (Å²) in [5.41, 5.74) is 2.63. The molecular weight excluding hydrogens is 326 g/mol. The van der Waals surface area contributed by atoms with E-state index in [0.29, 0.717) is 18.1 Å². The number of carbonyl (C=O) groups is 1. The summed E-state index contributed by atoms with van der Waals surface area (Å²) < 4.78 is 0. The normalized spacial score (nSPS) is 10.3. The average Bonchev–Trinajstić information content (AvgIpc) is 2.72. The predicted octanol–water partition coefficient (Wildman–Crippen LogP) is 2.83. The first-order valence-corrected chi connectivity index (χ1v) is 8.54. The van der Waals surface area contributed by atoms with Gasteiger partial charge in [0.05, 0.1) is 5.56 Å². The Balaban J connectivity index is 1.62. The Bertz CT molecular complexity index is 822. The fraction of sp³-hybridized carbons (Fsp3) is 0.200. The van der Waals surface area contributed by atoms with Crippen molar-refractivity contribution in [1.82, 2.24) is 20.3 Å². The minimum absolute atomic E-state index is 0.195. The van der Waals surface area contributed by atoms with Gasteiger partial charge in [0.2, 0.25) is 5.95 Å². The number of pyridine rings is 1.